The Bertz CT molecular complexity index is 269. The molecule has 0 saturated heterocycles. The predicted octanol–water partition coefficient (Wildman–Crippen LogP) is 0.627. The van der Waals surface area contributed by atoms with E-state index in [0.29, 0.717) is 6.54 Å². The van der Waals surface area contributed by atoms with Gasteiger partial charge in [-0.05, 0) is 6.26 Å². The minimum absolute atomic E-state index is 0.134. The summed E-state index contributed by atoms with van der Waals surface area (Å²) in [4.78, 5) is 10.0. The van der Waals surface area contributed by atoms with Crippen molar-refractivity contribution in [1.29, 1.82) is 0 Å². The molecule has 0 aliphatic rings. The molecule has 72 valence electrons. The second kappa shape index (κ2) is 5.04. The molecule has 4 nitrogen and oxygen atoms in total. The van der Waals surface area contributed by atoms with Crippen LogP contribution in [0.4, 0.5) is 5.82 Å². The summed E-state index contributed by atoms with van der Waals surface area (Å²) >= 11 is 1.58. The smallest absolute Gasteiger partial charge is 0.132 e. The topological polar surface area (TPSA) is 49.2 Å². The van der Waals surface area contributed by atoms with Crippen molar-refractivity contribution in [2.24, 2.45) is 0 Å². The maximum atomic E-state index is 8.73. The van der Waals surface area contributed by atoms with Crippen molar-refractivity contribution in [3.8, 4) is 0 Å². The molecule has 1 rings (SSSR count). The third-order valence-electron chi connectivity index (χ3n) is 1.66. The first-order chi connectivity index (χ1) is 6.27. The predicted molar refractivity (Wildman–Crippen MR) is 54.2 cm³/mol. The molecule has 0 bridgehead atoms. The molecular weight excluding hydrogens is 186 g/mol. The summed E-state index contributed by atoms with van der Waals surface area (Å²) in [5.41, 5.74) is 0. The van der Waals surface area contributed by atoms with E-state index in [0.717, 1.165) is 10.8 Å². The number of hydrogen-bond acceptors (Lipinski definition) is 5. The third kappa shape index (κ3) is 2.86. The number of aromatic nitrogens is 2. The van der Waals surface area contributed by atoms with Gasteiger partial charge in [0.2, 0.25) is 0 Å². The Kier molecular flexibility index (Phi) is 3.98. The number of nitrogens with zero attached hydrogens (tertiary/aromatic N) is 3. The molecule has 13 heavy (non-hydrogen) atoms. The Morgan fingerprint density at radius 2 is 2.31 bits per heavy atom. The molecule has 1 heterocycles. The number of aliphatic hydroxyl groups excluding tert-OH is 1. The first-order valence-corrected chi connectivity index (χ1v) is 5.18. The molecule has 1 N–H and O–H groups in total. The number of thioether (sulfide) groups is 1. The van der Waals surface area contributed by atoms with Gasteiger partial charge in [-0.2, -0.15) is 0 Å². The molecule has 0 amide bonds. The number of likely N-dealkylation sites (N-methyl/N-ethyl adjacent to an activating group) is 1. The van der Waals surface area contributed by atoms with E-state index < -0.39 is 0 Å². The van der Waals surface area contributed by atoms with E-state index in [4.69, 9.17) is 5.11 Å². The van der Waals surface area contributed by atoms with E-state index in [-0.39, 0.29) is 6.61 Å². The van der Waals surface area contributed by atoms with E-state index >= 15 is 0 Å². The van der Waals surface area contributed by atoms with Crippen LogP contribution < -0.4 is 4.90 Å². The fraction of sp³-hybridized carbons (Fsp3) is 0.500. The zero-order valence-electron chi connectivity index (χ0n) is 7.77. The standard InChI is InChI=1S/C8H13N3OS/c1-11(3-4-12)7-5-8(13-2)10-6-9-7/h5-6,12H,3-4H2,1-2H3. The first-order valence-electron chi connectivity index (χ1n) is 3.96. The molecule has 0 radical (unpaired) electrons. The zero-order valence-corrected chi connectivity index (χ0v) is 8.58. The molecule has 0 spiro atoms. The Balaban J connectivity index is 2.75. The quantitative estimate of drug-likeness (QED) is 0.569. The van der Waals surface area contributed by atoms with Crippen LogP contribution in [-0.2, 0) is 0 Å². The Labute approximate surface area is 82.0 Å². The molecule has 0 aliphatic carbocycles. The second-order valence-corrected chi connectivity index (χ2v) is 3.39. The normalized spacial score (nSPS) is 10.1. The highest BCUT2D eigenvalue weighted by Crippen LogP contribution is 2.15. The molecule has 1 aromatic heterocycles. The fourth-order valence-corrected chi connectivity index (χ4v) is 1.29. The van der Waals surface area contributed by atoms with Crippen molar-refractivity contribution in [2.45, 2.75) is 5.03 Å². The van der Waals surface area contributed by atoms with Gasteiger partial charge < -0.3 is 10.0 Å². The molecule has 1 aromatic rings. The van der Waals surface area contributed by atoms with E-state index in [1.807, 2.05) is 24.3 Å². The van der Waals surface area contributed by atoms with E-state index in [1.54, 1.807) is 11.8 Å². The van der Waals surface area contributed by atoms with Crippen LogP contribution in [0, 0.1) is 0 Å². The molecule has 5 heteroatoms. The van der Waals surface area contributed by atoms with Crippen LogP contribution in [0.5, 0.6) is 0 Å². The van der Waals surface area contributed by atoms with Gasteiger partial charge in [0.05, 0.1) is 6.61 Å². The minimum atomic E-state index is 0.134. The molecule has 0 saturated carbocycles. The second-order valence-electron chi connectivity index (χ2n) is 2.56. The number of hydrogen-bond donors (Lipinski definition) is 1. The SMILES string of the molecule is CSc1cc(N(C)CCO)ncn1. The van der Waals surface area contributed by atoms with Crippen molar-refractivity contribution in [3.05, 3.63) is 12.4 Å². The van der Waals surface area contributed by atoms with Gasteiger partial charge in [-0.25, -0.2) is 9.97 Å². The lowest BCUT2D eigenvalue weighted by Gasteiger charge is -2.16. The average molecular weight is 199 g/mol. The Hall–Kier alpha value is -0.810. The lowest BCUT2D eigenvalue weighted by Crippen LogP contribution is -2.22. The maximum absolute atomic E-state index is 8.73. The summed E-state index contributed by atoms with van der Waals surface area (Å²) in [6.45, 7) is 0.722. The maximum Gasteiger partial charge on any atom is 0.132 e. The van der Waals surface area contributed by atoms with Crippen LogP contribution in [0.1, 0.15) is 0 Å². The van der Waals surface area contributed by atoms with Gasteiger partial charge in [0, 0.05) is 19.7 Å². The summed E-state index contributed by atoms with van der Waals surface area (Å²) in [7, 11) is 1.89. The highest BCUT2D eigenvalue weighted by atomic mass is 32.2. The first kappa shape index (κ1) is 10.3. The van der Waals surface area contributed by atoms with Gasteiger partial charge in [0.15, 0.2) is 0 Å². The summed E-state index contributed by atoms with van der Waals surface area (Å²) in [6, 6.07) is 1.90. The van der Waals surface area contributed by atoms with Gasteiger partial charge in [-0.15, -0.1) is 11.8 Å². The zero-order chi connectivity index (χ0) is 9.68. The highest BCUT2D eigenvalue weighted by molar-refractivity contribution is 7.98. The van der Waals surface area contributed by atoms with Crippen molar-refractivity contribution in [3.63, 3.8) is 0 Å². The molecule has 0 unspecified atom stereocenters. The van der Waals surface area contributed by atoms with Crippen LogP contribution in [0.15, 0.2) is 17.4 Å². The fourth-order valence-electron chi connectivity index (χ4n) is 0.915. The van der Waals surface area contributed by atoms with Crippen molar-refractivity contribution >= 4 is 17.6 Å². The van der Waals surface area contributed by atoms with Gasteiger partial charge in [0.1, 0.15) is 17.2 Å². The van der Waals surface area contributed by atoms with Gasteiger partial charge in [0.25, 0.3) is 0 Å². The molecule has 0 aromatic carbocycles. The summed E-state index contributed by atoms with van der Waals surface area (Å²) in [5, 5.41) is 9.67. The van der Waals surface area contributed by atoms with Crippen LogP contribution in [0.3, 0.4) is 0 Å². The number of aliphatic hydroxyl groups is 1. The van der Waals surface area contributed by atoms with Gasteiger partial charge in [-0.3, -0.25) is 0 Å². The van der Waals surface area contributed by atoms with Crippen molar-refractivity contribution in [2.75, 3.05) is 31.4 Å². The summed E-state index contributed by atoms with van der Waals surface area (Å²) in [6.07, 6.45) is 3.51. The lowest BCUT2D eigenvalue weighted by atomic mass is 10.5. The largest absolute Gasteiger partial charge is 0.395 e. The number of rotatable bonds is 4. The Morgan fingerprint density at radius 3 is 2.92 bits per heavy atom. The van der Waals surface area contributed by atoms with Gasteiger partial charge in [-0.1, -0.05) is 0 Å². The van der Waals surface area contributed by atoms with Crippen LogP contribution in [0.25, 0.3) is 0 Å². The molecule has 0 atom stereocenters. The summed E-state index contributed by atoms with van der Waals surface area (Å²) < 4.78 is 0. The molecule has 0 fully saturated rings. The monoisotopic (exact) mass is 199 g/mol. The Morgan fingerprint density at radius 1 is 1.54 bits per heavy atom. The summed E-state index contributed by atoms with van der Waals surface area (Å²) in [5.74, 6) is 0.841. The van der Waals surface area contributed by atoms with E-state index in [1.165, 1.54) is 6.33 Å². The molecular formula is C8H13N3OS. The van der Waals surface area contributed by atoms with Crippen LogP contribution in [0.2, 0.25) is 0 Å². The minimum Gasteiger partial charge on any atom is -0.395 e. The van der Waals surface area contributed by atoms with Crippen molar-refractivity contribution in [1.82, 2.24) is 9.97 Å². The molecule has 0 aliphatic heterocycles. The van der Waals surface area contributed by atoms with Crippen LogP contribution in [-0.4, -0.2) is 41.5 Å². The van der Waals surface area contributed by atoms with Gasteiger partial charge >= 0.3 is 0 Å². The third-order valence-corrected chi connectivity index (χ3v) is 2.30. The number of anilines is 1. The lowest BCUT2D eigenvalue weighted by molar-refractivity contribution is 0.304. The van der Waals surface area contributed by atoms with E-state index in [2.05, 4.69) is 9.97 Å². The van der Waals surface area contributed by atoms with Crippen molar-refractivity contribution < 1.29 is 5.11 Å². The van der Waals surface area contributed by atoms with E-state index in [9.17, 15) is 0 Å². The van der Waals surface area contributed by atoms with Crippen LogP contribution >= 0.6 is 11.8 Å². The average Bonchev–Trinajstić information content (AvgIpc) is 2.18. The highest BCUT2D eigenvalue weighted by Gasteiger charge is 2.02.